The van der Waals surface area contributed by atoms with Crippen molar-refractivity contribution >= 4 is 0 Å². The zero-order valence-corrected chi connectivity index (χ0v) is 13.7. The van der Waals surface area contributed by atoms with Crippen molar-refractivity contribution in [2.24, 2.45) is 11.8 Å². The molecule has 2 atom stereocenters. The van der Waals surface area contributed by atoms with E-state index < -0.39 is 0 Å². The zero-order valence-electron chi connectivity index (χ0n) is 13.7. The summed E-state index contributed by atoms with van der Waals surface area (Å²) in [5.41, 5.74) is 0.489. The molecule has 1 spiro atoms. The van der Waals surface area contributed by atoms with Crippen molar-refractivity contribution in [3.05, 3.63) is 0 Å². The topological polar surface area (TPSA) is 15.3 Å². The summed E-state index contributed by atoms with van der Waals surface area (Å²) in [6.07, 6.45) is 13.0. The molecule has 1 heterocycles. The van der Waals surface area contributed by atoms with Gasteiger partial charge in [0, 0.05) is 31.2 Å². The van der Waals surface area contributed by atoms with Crippen LogP contribution >= 0.6 is 0 Å². The van der Waals surface area contributed by atoms with Crippen molar-refractivity contribution in [3.8, 4) is 0 Å². The maximum absolute atomic E-state index is 3.97. The summed E-state index contributed by atoms with van der Waals surface area (Å²) in [7, 11) is 0. The Hall–Kier alpha value is -0.0800. The number of hydrogen-bond donors (Lipinski definition) is 1. The highest BCUT2D eigenvalue weighted by Crippen LogP contribution is 2.36. The zero-order chi connectivity index (χ0) is 14.0. The van der Waals surface area contributed by atoms with Gasteiger partial charge in [0.05, 0.1) is 0 Å². The maximum Gasteiger partial charge on any atom is 0.0309 e. The second-order valence-electron chi connectivity index (χ2n) is 7.90. The summed E-state index contributed by atoms with van der Waals surface area (Å²) in [6.45, 7) is 8.78. The van der Waals surface area contributed by atoms with Crippen LogP contribution < -0.4 is 5.32 Å². The molecule has 3 fully saturated rings. The van der Waals surface area contributed by atoms with Crippen molar-refractivity contribution < 1.29 is 0 Å². The Kier molecular flexibility index (Phi) is 4.72. The molecule has 3 aliphatic rings. The number of nitrogens with one attached hydrogen (secondary N) is 1. The molecule has 0 radical (unpaired) electrons. The lowest BCUT2D eigenvalue weighted by molar-refractivity contribution is 0.0400. The average molecular weight is 278 g/mol. The lowest BCUT2D eigenvalue weighted by Gasteiger charge is -2.49. The van der Waals surface area contributed by atoms with Crippen LogP contribution in [0.25, 0.3) is 0 Å². The van der Waals surface area contributed by atoms with E-state index in [0.29, 0.717) is 5.54 Å². The third-order valence-corrected chi connectivity index (χ3v) is 6.49. The number of nitrogens with zero attached hydrogens (tertiary/aromatic N) is 1. The van der Waals surface area contributed by atoms with E-state index in [1.54, 1.807) is 0 Å². The first-order valence-corrected chi connectivity index (χ1v) is 9.21. The van der Waals surface area contributed by atoms with Gasteiger partial charge >= 0.3 is 0 Å². The summed E-state index contributed by atoms with van der Waals surface area (Å²) in [6, 6.07) is 0.784. The molecule has 2 nitrogen and oxygen atoms in total. The van der Waals surface area contributed by atoms with E-state index >= 15 is 0 Å². The summed E-state index contributed by atoms with van der Waals surface area (Å²) < 4.78 is 0. The Morgan fingerprint density at radius 2 is 1.85 bits per heavy atom. The van der Waals surface area contributed by atoms with Crippen molar-refractivity contribution in [3.63, 3.8) is 0 Å². The highest BCUT2D eigenvalue weighted by molar-refractivity contribution is 5.02. The minimum absolute atomic E-state index is 0.489. The van der Waals surface area contributed by atoms with Gasteiger partial charge in [-0.1, -0.05) is 46.0 Å². The molecular formula is C18H34N2. The Bertz CT molecular complexity index is 303. The van der Waals surface area contributed by atoms with Crippen LogP contribution in [-0.4, -0.2) is 36.1 Å². The molecule has 2 unspecified atom stereocenters. The molecule has 0 bridgehead atoms. The molecule has 0 amide bonds. The molecule has 1 N–H and O–H groups in total. The van der Waals surface area contributed by atoms with E-state index in [1.165, 1.54) is 77.4 Å². The lowest BCUT2D eigenvalue weighted by atomic mass is 9.87. The molecule has 0 aromatic carbocycles. The Balaban J connectivity index is 1.67. The second-order valence-corrected chi connectivity index (χ2v) is 7.90. The molecule has 2 heteroatoms. The monoisotopic (exact) mass is 278 g/mol. The van der Waals surface area contributed by atoms with Crippen molar-refractivity contribution in [1.82, 2.24) is 10.2 Å². The van der Waals surface area contributed by atoms with Gasteiger partial charge < -0.3 is 5.32 Å². The van der Waals surface area contributed by atoms with Crippen LogP contribution in [0.3, 0.4) is 0 Å². The quantitative estimate of drug-likeness (QED) is 0.841. The summed E-state index contributed by atoms with van der Waals surface area (Å²) in [5.74, 6) is 1.83. The van der Waals surface area contributed by atoms with Crippen molar-refractivity contribution in [2.75, 3.05) is 19.6 Å². The molecule has 3 rings (SSSR count). The summed E-state index contributed by atoms with van der Waals surface area (Å²) in [5, 5.41) is 3.97. The Morgan fingerprint density at radius 1 is 1.15 bits per heavy atom. The molecule has 1 saturated heterocycles. The van der Waals surface area contributed by atoms with Gasteiger partial charge in [0.2, 0.25) is 0 Å². The Labute approximate surface area is 125 Å². The van der Waals surface area contributed by atoms with E-state index in [1.807, 2.05) is 0 Å². The first kappa shape index (κ1) is 14.8. The highest BCUT2D eigenvalue weighted by Gasteiger charge is 2.42. The molecule has 2 saturated carbocycles. The molecule has 0 aromatic rings. The third-order valence-electron chi connectivity index (χ3n) is 6.49. The molecule has 116 valence electrons. The first-order valence-electron chi connectivity index (χ1n) is 9.21. The fraction of sp³-hybridized carbons (Fsp3) is 1.00. The molecule has 2 aliphatic carbocycles. The van der Waals surface area contributed by atoms with Gasteiger partial charge in [-0.25, -0.2) is 0 Å². The van der Waals surface area contributed by atoms with Crippen molar-refractivity contribution in [1.29, 1.82) is 0 Å². The van der Waals surface area contributed by atoms with E-state index in [4.69, 9.17) is 0 Å². The van der Waals surface area contributed by atoms with E-state index in [2.05, 4.69) is 24.1 Å². The standard InChI is InChI=1S/C18H34N2/c1-3-15(2)17-12-19-18(10-6-7-11-18)14-20(17)13-16-8-4-5-9-16/h15-17,19H,3-14H2,1-2H3. The first-order chi connectivity index (χ1) is 9.72. The molecule has 1 aliphatic heterocycles. The minimum atomic E-state index is 0.489. The van der Waals surface area contributed by atoms with Crippen LogP contribution in [0.15, 0.2) is 0 Å². The summed E-state index contributed by atoms with van der Waals surface area (Å²) >= 11 is 0. The predicted molar refractivity (Wildman–Crippen MR) is 86.0 cm³/mol. The number of rotatable bonds is 4. The minimum Gasteiger partial charge on any atom is -0.308 e. The Morgan fingerprint density at radius 3 is 2.50 bits per heavy atom. The van der Waals surface area contributed by atoms with Crippen LogP contribution in [0.2, 0.25) is 0 Å². The van der Waals surface area contributed by atoms with E-state index in [9.17, 15) is 0 Å². The van der Waals surface area contributed by atoms with Crippen LogP contribution in [0.4, 0.5) is 0 Å². The average Bonchev–Trinajstić information content (AvgIpc) is 3.11. The lowest BCUT2D eigenvalue weighted by Crippen LogP contribution is -2.65. The van der Waals surface area contributed by atoms with Crippen LogP contribution in [0.1, 0.15) is 71.6 Å². The normalized spacial score (nSPS) is 33.0. The van der Waals surface area contributed by atoms with Gasteiger partial charge in [-0.05, 0) is 37.5 Å². The fourth-order valence-corrected chi connectivity index (χ4v) is 4.96. The smallest absolute Gasteiger partial charge is 0.0309 e. The van der Waals surface area contributed by atoms with E-state index in [0.717, 1.165) is 17.9 Å². The maximum atomic E-state index is 3.97. The van der Waals surface area contributed by atoms with Gasteiger partial charge in [0.15, 0.2) is 0 Å². The second kappa shape index (κ2) is 6.36. The van der Waals surface area contributed by atoms with Crippen molar-refractivity contribution in [2.45, 2.75) is 83.2 Å². The fourth-order valence-electron chi connectivity index (χ4n) is 4.96. The number of piperazine rings is 1. The van der Waals surface area contributed by atoms with Gasteiger partial charge in [-0.2, -0.15) is 0 Å². The van der Waals surface area contributed by atoms with Gasteiger partial charge in [0.25, 0.3) is 0 Å². The van der Waals surface area contributed by atoms with Gasteiger partial charge in [-0.3, -0.25) is 4.90 Å². The molecule has 20 heavy (non-hydrogen) atoms. The van der Waals surface area contributed by atoms with E-state index in [-0.39, 0.29) is 0 Å². The van der Waals surface area contributed by atoms with Crippen LogP contribution in [0, 0.1) is 11.8 Å². The molecular weight excluding hydrogens is 244 g/mol. The van der Waals surface area contributed by atoms with Crippen LogP contribution in [0.5, 0.6) is 0 Å². The SMILES string of the molecule is CCC(C)C1CNC2(CCCC2)CN1CC1CCCC1. The predicted octanol–water partition coefficient (Wildman–Crippen LogP) is 3.81. The molecule has 0 aromatic heterocycles. The van der Waals surface area contributed by atoms with Gasteiger partial charge in [0.1, 0.15) is 0 Å². The summed E-state index contributed by atoms with van der Waals surface area (Å²) in [4.78, 5) is 2.91. The van der Waals surface area contributed by atoms with Crippen LogP contribution in [-0.2, 0) is 0 Å². The highest BCUT2D eigenvalue weighted by atomic mass is 15.3. The largest absolute Gasteiger partial charge is 0.308 e. The number of hydrogen-bond acceptors (Lipinski definition) is 2. The third kappa shape index (κ3) is 3.06. The van der Waals surface area contributed by atoms with Gasteiger partial charge in [-0.15, -0.1) is 0 Å².